The first-order valence-electron chi connectivity index (χ1n) is 8.68. The third-order valence-corrected chi connectivity index (χ3v) is 4.65. The maximum absolute atomic E-state index is 12.4. The third kappa shape index (κ3) is 3.61. The lowest BCUT2D eigenvalue weighted by atomic mass is 10.1. The number of aromatic nitrogens is 2. The SMILES string of the molecule is Cc1nn(C(C)C)cc1C(=O)NCC1CCN(c2ccccc2)C1. The molecule has 1 aromatic heterocycles. The Labute approximate surface area is 143 Å². The Morgan fingerprint density at radius 2 is 2.08 bits per heavy atom. The number of carbonyl (C=O) groups is 1. The zero-order chi connectivity index (χ0) is 17.1. The van der Waals surface area contributed by atoms with Gasteiger partial charge in [-0.05, 0) is 45.2 Å². The van der Waals surface area contributed by atoms with Crippen molar-refractivity contribution in [1.82, 2.24) is 15.1 Å². The van der Waals surface area contributed by atoms with E-state index in [1.807, 2.05) is 23.9 Å². The minimum Gasteiger partial charge on any atom is -0.371 e. The molecule has 1 aliphatic heterocycles. The van der Waals surface area contributed by atoms with Gasteiger partial charge in [-0.25, -0.2) is 0 Å². The van der Waals surface area contributed by atoms with Gasteiger partial charge >= 0.3 is 0 Å². The smallest absolute Gasteiger partial charge is 0.254 e. The molecular weight excluding hydrogens is 300 g/mol. The molecule has 1 fully saturated rings. The van der Waals surface area contributed by atoms with E-state index in [9.17, 15) is 4.79 Å². The number of anilines is 1. The summed E-state index contributed by atoms with van der Waals surface area (Å²) in [6.45, 7) is 8.77. The number of nitrogens with zero attached hydrogens (tertiary/aromatic N) is 3. The van der Waals surface area contributed by atoms with Crippen molar-refractivity contribution >= 4 is 11.6 Å². The Balaban J connectivity index is 1.54. The van der Waals surface area contributed by atoms with Gasteiger partial charge in [0.25, 0.3) is 5.91 Å². The standard InChI is InChI=1S/C19H26N4O/c1-14(2)23-13-18(15(3)21-23)19(24)20-11-16-9-10-22(12-16)17-7-5-4-6-8-17/h4-8,13-14,16H,9-12H2,1-3H3,(H,20,24). The topological polar surface area (TPSA) is 50.2 Å². The fourth-order valence-corrected chi connectivity index (χ4v) is 3.17. The molecule has 3 rings (SSSR count). The molecule has 1 amide bonds. The van der Waals surface area contributed by atoms with Gasteiger partial charge in [0.1, 0.15) is 0 Å². The molecule has 1 unspecified atom stereocenters. The van der Waals surface area contributed by atoms with Crippen molar-refractivity contribution < 1.29 is 4.79 Å². The zero-order valence-electron chi connectivity index (χ0n) is 14.7. The molecule has 0 aliphatic carbocycles. The average molecular weight is 326 g/mol. The number of hydrogen-bond donors (Lipinski definition) is 1. The first-order chi connectivity index (χ1) is 11.5. The molecule has 0 saturated carbocycles. The second kappa shape index (κ2) is 7.07. The highest BCUT2D eigenvalue weighted by atomic mass is 16.1. The molecule has 1 aromatic carbocycles. The van der Waals surface area contributed by atoms with Gasteiger partial charge in [-0.2, -0.15) is 5.10 Å². The van der Waals surface area contributed by atoms with Crippen molar-refractivity contribution in [3.05, 3.63) is 47.8 Å². The highest BCUT2D eigenvalue weighted by Crippen LogP contribution is 2.23. The lowest BCUT2D eigenvalue weighted by molar-refractivity contribution is 0.0947. The lowest BCUT2D eigenvalue weighted by Crippen LogP contribution is -2.31. The van der Waals surface area contributed by atoms with E-state index in [4.69, 9.17) is 0 Å². The number of hydrogen-bond acceptors (Lipinski definition) is 3. The molecule has 1 N–H and O–H groups in total. The van der Waals surface area contributed by atoms with Crippen molar-refractivity contribution in [2.45, 2.75) is 33.2 Å². The summed E-state index contributed by atoms with van der Waals surface area (Å²) in [5.74, 6) is 0.479. The second-order valence-corrected chi connectivity index (χ2v) is 6.85. The Hall–Kier alpha value is -2.30. The highest BCUT2D eigenvalue weighted by molar-refractivity contribution is 5.95. The van der Waals surface area contributed by atoms with Crippen LogP contribution in [0.1, 0.15) is 42.4 Å². The molecule has 0 radical (unpaired) electrons. The van der Waals surface area contributed by atoms with Gasteiger partial charge in [0, 0.05) is 37.6 Å². The van der Waals surface area contributed by atoms with Crippen LogP contribution in [0.3, 0.4) is 0 Å². The van der Waals surface area contributed by atoms with E-state index in [2.05, 4.69) is 53.4 Å². The van der Waals surface area contributed by atoms with E-state index < -0.39 is 0 Å². The average Bonchev–Trinajstić information content (AvgIpc) is 3.20. The Morgan fingerprint density at radius 3 is 2.75 bits per heavy atom. The van der Waals surface area contributed by atoms with Crippen LogP contribution in [0.25, 0.3) is 0 Å². The number of para-hydroxylation sites is 1. The number of carbonyl (C=O) groups excluding carboxylic acids is 1. The first-order valence-corrected chi connectivity index (χ1v) is 8.68. The van der Waals surface area contributed by atoms with Crippen molar-refractivity contribution in [3.63, 3.8) is 0 Å². The Bertz CT molecular complexity index is 693. The number of nitrogens with one attached hydrogen (secondary N) is 1. The summed E-state index contributed by atoms with van der Waals surface area (Å²) in [7, 11) is 0. The predicted octanol–water partition coefficient (Wildman–Crippen LogP) is 3.03. The minimum atomic E-state index is -0.0161. The quantitative estimate of drug-likeness (QED) is 0.919. The maximum Gasteiger partial charge on any atom is 0.254 e. The van der Waals surface area contributed by atoms with E-state index in [1.54, 1.807) is 0 Å². The predicted molar refractivity (Wildman–Crippen MR) is 96.4 cm³/mol. The first kappa shape index (κ1) is 16.6. The molecule has 5 nitrogen and oxygen atoms in total. The molecule has 0 spiro atoms. The minimum absolute atomic E-state index is 0.0161. The van der Waals surface area contributed by atoms with Crippen LogP contribution in [0.15, 0.2) is 36.5 Å². The number of aryl methyl sites for hydroxylation is 1. The van der Waals surface area contributed by atoms with Gasteiger partial charge in [0.15, 0.2) is 0 Å². The zero-order valence-corrected chi connectivity index (χ0v) is 14.7. The normalized spacial score (nSPS) is 17.5. The van der Waals surface area contributed by atoms with Crippen molar-refractivity contribution in [3.8, 4) is 0 Å². The van der Waals surface area contributed by atoms with Crippen LogP contribution in [0.5, 0.6) is 0 Å². The lowest BCUT2D eigenvalue weighted by Gasteiger charge is -2.18. The van der Waals surface area contributed by atoms with Crippen LogP contribution in [-0.4, -0.2) is 35.3 Å². The molecule has 128 valence electrons. The summed E-state index contributed by atoms with van der Waals surface area (Å²) in [6, 6.07) is 10.7. The van der Waals surface area contributed by atoms with Crippen LogP contribution in [0.2, 0.25) is 0 Å². The molecule has 1 aliphatic rings. The molecule has 2 heterocycles. The fraction of sp³-hybridized carbons (Fsp3) is 0.474. The van der Waals surface area contributed by atoms with Crippen LogP contribution in [0.4, 0.5) is 5.69 Å². The van der Waals surface area contributed by atoms with Crippen LogP contribution < -0.4 is 10.2 Å². The summed E-state index contributed by atoms with van der Waals surface area (Å²) >= 11 is 0. The summed E-state index contributed by atoms with van der Waals surface area (Å²) < 4.78 is 1.84. The number of rotatable bonds is 5. The van der Waals surface area contributed by atoms with Gasteiger partial charge in [-0.3, -0.25) is 9.48 Å². The van der Waals surface area contributed by atoms with E-state index in [0.29, 0.717) is 18.0 Å². The van der Waals surface area contributed by atoms with E-state index in [1.165, 1.54) is 5.69 Å². The van der Waals surface area contributed by atoms with Crippen LogP contribution in [-0.2, 0) is 0 Å². The molecule has 5 heteroatoms. The summed E-state index contributed by atoms with van der Waals surface area (Å²) in [6.07, 6.45) is 2.96. The van der Waals surface area contributed by atoms with Crippen molar-refractivity contribution in [2.75, 3.05) is 24.5 Å². The molecule has 0 bridgehead atoms. The molecule has 1 atom stereocenters. The second-order valence-electron chi connectivity index (χ2n) is 6.85. The Kier molecular flexibility index (Phi) is 4.88. The monoisotopic (exact) mass is 326 g/mol. The fourth-order valence-electron chi connectivity index (χ4n) is 3.17. The number of amides is 1. The van der Waals surface area contributed by atoms with Crippen molar-refractivity contribution in [1.29, 1.82) is 0 Å². The Morgan fingerprint density at radius 1 is 1.33 bits per heavy atom. The van der Waals surface area contributed by atoms with E-state index in [-0.39, 0.29) is 11.9 Å². The number of benzene rings is 1. The summed E-state index contributed by atoms with van der Waals surface area (Å²) in [5.41, 5.74) is 2.74. The third-order valence-electron chi connectivity index (χ3n) is 4.65. The maximum atomic E-state index is 12.4. The summed E-state index contributed by atoms with van der Waals surface area (Å²) in [4.78, 5) is 14.8. The van der Waals surface area contributed by atoms with Gasteiger partial charge in [0.2, 0.25) is 0 Å². The van der Waals surface area contributed by atoms with Crippen LogP contribution >= 0.6 is 0 Å². The molecular formula is C19H26N4O. The van der Waals surface area contributed by atoms with Crippen LogP contribution in [0, 0.1) is 12.8 Å². The van der Waals surface area contributed by atoms with Gasteiger partial charge < -0.3 is 10.2 Å². The molecule has 1 saturated heterocycles. The van der Waals surface area contributed by atoms with Gasteiger partial charge in [0.05, 0.1) is 11.3 Å². The van der Waals surface area contributed by atoms with E-state index in [0.717, 1.165) is 25.2 Å². The van der Waals surface area contributed by atoms with Crippen molar-refractivity contribution in [2.24, 2.45) is 5.92 Å². The van der Waals surface area contributed by atoms with Gasteiger partial charge in [-0.1, -0.05) is 18.2 Å². The van der Waals surface area contributed by atoms with E-state index >= 15 is 0 Å². The molecule has 2 aromatic rings. The largest absolute Gasteiger partial charge is 0.371 e. The highest BCUT2D eigenvalue weighted by Gasteiger charge is 2.23. The van der Waals surface area contributed by atoms with Gasteiger partial charge in [-0.15, -0.1) is 0 Å². The summed E-state index contributed by atoms with van der Waals surface area (Å²) in [5, 5.41) is 7.50. The molecule has 24 heavy (non-hydrogen) atoms.